The topological polar surface area (TPSA) is 73.2 Å². The molecule has 0 saturated carbocycles. The monoisotopic (exact) mass is 511 g/mol. The van der Waals surface area contributed by atoms with Crippen molar-refractivity contribution in [2.75, 3.05) is 11.9 Å². The number of aromatic nitrogens is 2. The lowest BCUT2D eigenvalue weighted by molar-refractivity contribution is -0.118. The van der Waals surface area contributed by atoms with Crippen LogP contribution in [0.15, 0.2) is 64.1 Å². The van der Waals surface area contributed by atoms with E-state index in [1.165, 1.54) is 22.2 Å². The molecule has 0 spiro atoms. The number of hydrogen-bond acceptors (Lipinski definition) is 5. The summed E-state index contributed by atoms with van der Waals surface area (Å²) in [4.78, 5) is 32.4. The van der Waals surface area contributed by atoms with E-state index in [1.807, 2.05) is 50.2 Å². The van der Waals surface area contributed by atoms with Crippen LogP contribution in [0.5, 0.6) is 5.75 Å². The normalized spacial score (nSPS) is 12.0. The average Bonchev–Trinajstić information content (AvgIpc) is 3.12. The minimum atomic E-state index is -0.726. The fourth-order valence-electron chi connectivity index (χ4n) is 3.53. The molecule has 1 unspecified atom stereocenters. The van der Waals surface area contributed by atoms with E-state index >= 15 is 0 Å². The zero-order valence-electron chi connectivity index (χ0n) is 17.9. The van der Waals surface area contributed by atoms with Gasteiger partial charge < -0.3 is 10.1 Å². The molecule has 1 N–H and O–H groups in total. The Morgan fingerprint density at radius 3 is 2.53 bits per heavy atom. The van der Waals surface area contributed by atoms with Crippen LogP contribution in [0, 0.1) is 6.92 Å². The molecule has 0 aliphatic carbocycles. The summed E-state index contributed by atoms with van der Waals surface area (Å²) >= 11 is 4.85. The summed E-state index contributed by atoms with van der Waals surface area (Å²) in [6.45, 7) is 6.20. The second-order valence-electron chi connectivity index (χ2n) is 7.30. The van der Waals surface area contributed by atoms with Crippen LogP contribution in [-0.2, 0) is 4.79 Å². The van der Waals surface area contributed by atoms with Crippen molar-refractivity contribution >= 4 is 49.1 Å². The highest BCUT2D eigenvalue weighted by Crippen LogP contribution is 2.36. The number of rotatable bonds is 6. The molecule has 0 aliphatic heterocycles. The van der Waals surface area contributed by atoms with Crippen molar-refractivity contribution in [1.29, 1.82) is 0 Å². The van der Waals surface area contributed by atoms with Crippen molar-refractivity contribution in [3.05, 3.63) is 74.6 Å². The Kier molecular flexibility index (Phi) is 6.43. The Hall–Kier alpha value is -2.97. The number of fused-ring (bicyclic) bond motifs is 1. The predicted octanol–water partition coefficient (Wildman–Crippen LogP) is 5.79. The van der Waals surface area contributed by atoms with Gasteiger partial charge in [-0.05, 0) is 62.7 Å². The third-order valence-electron chi connectivity index (χ3n) is 5.18. The third kappa shape index (κ3) is 4.33. The number of ether oxygens (including phenoxy) is 1. The molecule has 1 amide bonds. The predicted molar refractivity (Wildman–Crippen MR) is 133 cm³/mol. The maximum atomic E-state index is 13.5. The number of carbonyl (C=O) groups excluding carboxylic acids is 1. The summed E-state index contributed by atoms with van der Waals surface area (Å²) in [5.41, 5.74) is 2.19. The standard InChI is InChI=1S/C24H22BrN3O3S/c1-4-31-19-11-5-16(6-12-19)20-15(3)32-23-21(20)24(30)28(13-26-23)14(2)22(29)27-18-9-7-17(25)8-10-18/h5-14H,4H2,1-3H3,(H,27,29). The van der Waals surface area contributed by atoms with E-state index in [9.17, 15) is 9.59 Å². The first kappa shape index (κ1) is 22.2. The molecule has 164 valence electrons. The van der Waals surface area contributed by atoms with Gasteiger partial charge in [0.15, 0.2) is 0 Å². The minimum absolute atomic E-state index is 0.235. The van der Waals surface area contributed by atoms with Gasteiger partial charge in [-0.3, -0.25) is 14.2 Å². The van der Waals surface area contributed by atoms with E-state index in [-0.39, 0.29) is 11.5 Å². The van der Waals surface area contributed by atoms with Crippen molar-refractivity contribution in [3.8, 4) is 16.9 Å². The van der Waals surface area contributed by atoms with Gasteiger partial charge in [0.25, 0.3) is 5.56 Å². The molecular formula is C24H22BrN3O3S. The van der Waals surface area contributed by atoms with Gasteiger partial charge in [-0.1, -0.05) is 28.1 Å². The van der Waals surface area contributed by atoms with Crippen LogP contribution in [0.3, 0.4) is 0 Å². The van der Waals surface area contributed by atoms with Crippen LogP contribution >= 0.6 is 27.3 Å². The lowest BCUT2D eigenvalue weighted by Gasteiger charge is -2.15. The van der Waals surface area contributed by atoms with Crippen molar-refractivity contribution in [3.63, 3.8) is 0 Å². The van der Waals surface area contributed by atoms with Crippen LogP contribution in [0.1, 0.15) is 24.8 Å². The van der Waals surface area contributed by atoms with E-state index in [1.54, 1.807) is 19.1 Å². The first-order chi connectivity index (χ1) is 15.4. The Bertz CT molecular complexity index is 1330. The first-order valence-corrected chi connectivity index (χ1v) is 11.8. The maximum absolute atomic E-state index is 13.5. The molecule has 2 aromatic carbocycles. The van der Waals surface area contributed by atoms with Crippen molar-refractivity contribution in [1.82, 2.24) is 9.55 Å². The number of amides is 1. The summed E-state index contributed by atoms with van der Waals surface area (Å²) in [5.74, 6) is 0.493. The number of nitrogens with zero attached hydrogens (tertiary/aromatic N) is 2. The highest BCUT2D eigenvalue weighted by atomic mass is 79.9. The Morgan fingerprint density at radius 1 is 1.19 bits per heavy atom. The van der Waals surface area contributed by atoms with Crippen molar-refractivity contribution in [2.24, 2.45) is 0 Å². The van der Waals surface area contributed by atoms with Crippen molar-refractivity contribution in [2.45, 2.75) is 26.8 Å². The van der Waals surface area contributed by atoms with E-state index in [0.29, 0.717) is 22.5 Å². The number of halogens is 1. The second-order valence-corrected chi connectivity index (χ2v) is 9.42. The molecule has 6 nitrogen and oxygen atoms in total. The highest BCUT2D eigenvalue weighted by molar-refractivity contribution is 9.10. The summed E-state index contributed by atoms with van der Waals surface area (Å²) in [5, 5.41) is 3.38. The molecule has 2 aromatic heterocycles. The summed E-state index contributed by atoms with van der Waals surface area (Å²) in [7, 11) is 0. The quantitative estimate of drug-likeness (QED) is 0.355. The second kappa shape index (κ2) is 9.26. The number of thiophene rings is 1. The number of hydrogen-bond donors (Lipinski definition) is 1. The van der Waals surface area contributed by atoms with Crippen LogP contribution < -0.4 is 15.6 Å². The molecule has 4 aromatic rings. The molecule has 0 radical (unpaired) electrons. The average molecular weight is 512 g/mol. The zero-order chi connectivity index (χ0) is 22.8. The lowest BCUT2D eigenvalue weighted by Crippen LogP contribution is -2.31. The van der Waals surface area contributed by atoms with Crippen LogP contribution in [0.2, 0.25) is 0 Å². The third-order valence-corrected chi connectivity index (χ3v) is 6.72. The summed E-state index contributed by atoms with van der Waals surface area (Å²) in [6.07, 6.45) is 1.45. The molecule has 0 bridgehead atoms. The van der Waals surface area contributed by atoms with E-state index in [2.05, 4.69) is 26.2 Å². The largest absolute Gasteiger partial charge is 0.494 e. The molecule has 1 atom stereocenters. The molecule has 0 aliphatic rings. The molecular weight excluding hydrogens is 490 g/mol. The molecule has 4 rings (SSSR count). The van der Waals surface area contributed by atoms with Crippen LogP contribution in [0.25, 0.3) is 21.3 Å². The van der Waals surface area contributed by atoms with Gasteiger partial charge in [0.1, 0.15) is 16.6 Å². The number of benzene rings is 2. The fraction of sp³-hybridized carbons (Fsp3) is 0.208. The number of nitrogens with one attached hydrogen (secondary N) is 1. The number of carbonyl (C=O) groups is 1. The minimum Gasteiger partial charge on any atom is -0.494 e. The Balaban J connectivity index is 1.71. The number of aryl methyl sites for hydroxylation is 1. The van der Waals surface area contributed by atoms with Gasteiger partial charge in [-0.15, -0.1) is 11.3 Å². The smallest absolute Gasteiger partial charge is 0.263 e. The van der Waals surface area contributed by atoms with Gasteiger partial charge in [-0.25, -0.2) is 4.98 Å². The molecule has 2 heterocycles. The van der Waals surface area contributed by atoms with Crippen LogP contribution in [-0.4, -0.2) is 22.1 Å². The Labute approximate surface area is 198 Å². The number of anilines is 1. The van der Waals surface area contributed by atoms with Gasteiger partial charge in [0.05, 0.1) is 18.3 Å². The molecule has 0 fully saturated rings. The lowest BCUT2D eigenvalue weighted by atomic mass is 10.0. The highest BCUT2D eigenvalue weighted by Gasteiger charge is 2.22. The Morgan fingerprint density at radius 2 is 1.88 bits per heavy atom. The van der Waals surface area contributed by atoms with Crippen LogP contribution in [0.4, 0.5) is 5.69 Å². The van der Waals surface area contributed by atoms with E-state index in [0.717, 1.165) is 26.2 Å². The zero-order valence-corrected chi connectivity index (χ0v) is 20.3. The van der Waals surface area contributed by atoms with Gasteiger partial charge in [0.2, 0.25) is 5.91 Å². The molecule has 32 heavy (non-hydrogen) atoms. The van der Waals surface area contributed by atoms with E-state index < -0.39 is 6.04 Å². The summed E-state index contributed by atoms with van der Waals surface area (Å²) in [6, 6.07) is 14.2. The fourth-order valence-corrected chi connectivity index (χ4v) is 4.80. The van der Waals surface area contributed by atoms with E-state index in [4.69, 9.17) is 4.74 Å². The summed E-state index contributed by atoms with van der Waals surface area (Å²) < 4.78 is 7.84. The van der Waals surface area contributed by atoms with Gasteiger partial charge in [0, 0.05) is 20.6 Å². The van der Waals surface area contributed by atoms with Gasteiger partial charge in [-0.2, -0.15) is 0 Å². The molecule has 8 heteroatoms. The SMILES string of the molecule is CCOc1ccc(-c2c(C)sc3ncn(C(C)C(=O)Nc4ccc(Br)cc4)c(=O)c23)cc1. The van der Waals surface area contributed by atoms with Crippen molar-refractivity contribution < 1.29 is 9.53 Å². The molecule has 0 saturated heterocycles. The maximum Gasteiger partial charge on any atom is 0.263 e. The van der Waals surface area contributed by atoms with Gasteiger partial charge >= 0.3 is 0 Å². The first-order valence-electron chi connectivity index (χ1n) is 10.2.